The van der Waals surface area contributed by atoms with Crippen molar-refractivity contribution in [2.75, 3.05) is 10.2 Å². The number of nitrogens with one attached hydrogen (secondary N) is 1. The fourth-order valence-corrected chi connectivity index (χ4v) is 3.67. The van der Waals surface area contributed by atoms with Gasteiger partial charge in [-0.3, -0.25) is 9.69 Å². The molecule has 2 atom stereocenters. The topological polar surface area (TPSA) is 32.3 Å². The molecule has 0 unspecified atom stereocenters. The van der Waals surface area contributed by atoms with Gasteiger partial charge in [0, 0.05) is 17.3 Å². The van der Waals surface area contributed by atoms with Gasteiger partial charge in [0.1, 0.15) is 6.17 Å². The number of carbonyl (C=O) groups is 1. The molecule has 3 aromatic rings. The summed E-state index contributed by atoms with van der Waals surface area (Å²) in [5.74, 6) is -0.491. The Morgan fingerprint density at radius 3 is 2.34 bits per heavy atom. The van der Waals surface area contributed by atoms with Crippen molar-refractivity contribution in [2.24, 2.45) is 0 Å². The fraction of sp³-hybridized carbons (Fsp3) is 0.174. The molecular formula is C23H19F3N2O. The van der Waals surface area contributed by atoms with Gasteiger partial charge in [0.25, 0.3) is 5.91 Å². The maximum atomic E-state index is 13.3. The van der Waals surface area contributed by atoms with E-state index in [-0.39, 0.29) is 17.5 Å². The molecule has 0 bridgehead atoms. The van der Waals surface area contributed by atoms with E-state index in [0.29, 0.717) is 11.3 Å². The Hall–Kier alpha value is -3.28. The molecule has 1 heterocycles. The highest BCUT2D eigenvalue weighted by molar-refractivity contribution is 6.12. The van der Waals surface area contributed by atoms with Gasteiger partial charge in [-0.1, -0.05) is 55.5 Å². The molecule has 0 saturated carbocycles. The van der Waals surface area contributed by atoms with Crippen LogP contribution in [-0.4, -0.2) is 12.1 Å². The van der Waals surface area contributed by atoms with Crippen LogP contribution in [0.25, 0.3) is 0 Å². The van der Waals surface area contributed by atoms with Gasteiger partial charge in [-0.2, -0.15) is 13.2 Å². The first kappa shape index (κ1) is 19.1. The van der Waals surface area contributed by atoms with Gasteiger partial charge in [0.2, 0.25) is 0 Å². The van der Waals surface area contributed by atoms with E-state index in [1.54, 1.807) is 18.2 Å². The Labute approximate surface area is 166 Å². The summed E-state index contributed by atoms with van der Waals surface area (Å²) >= 11 is 0. The van der Waals surface area contributed by atoms with Crippen molar-refractivity contribution < 1.29 is 18.0 Å². The van der Waals surface area contributed by atoms with Gasteiger partial charge in [0.05, 0.1) is 11.1 Å². The second-order valence-corrected chi connectivity index (χ2v) is 7.06. The minimum absolute atomic E-state index is 0.164. The number of hydrogen-bond donors (Lipinski definition) is 1. The zero-order chi connectivity index (χ0) is 20.6. The third-order valence-electron chi connectivity index (χ3n) is 5.21. The van der Waals surface area contributed by atoms with Gasteiger partial charge in [-0.05, 0) is 35.9 Å². The largest absolute Gasteiger partial charge is 0.416 e. The average molecular weight is 396 g/mol. The second-order valence-electron chi connectivity index (χ2n) is 7.06. The maximum absolute atomic E-state index is 13.3. The molecule has 0 radical (unpaired) electrons. The highest BCUT2D eigenvalue weighted by Crippen LogP contribution is 2.37. The van der Waals surface area contributed by atoms with Crippen molar-refractivity contribution in [1.29, 1.82) is 0 Å². The van der Waals surface area contributed by atoms with E-state index in [1.165, 1.54) is 17.0 Å². The number of hydrogen-bond acceptors (Lipinski definition) is 2. The Kier molecular flexibility index (Phi) is 4.78. The van der Waals surface area contributed by atoms with E-state index < -0.39 is 17.9 Å². The maximum Gasteiger partial charge on any atom is 0.416 e. The number of benzene rings is 3. The number of carbonyl (C=O) groups excluding carboxylic acids is 1. The molecule has 0 aromatic heterocycles. The number of rotatable bonds is 3. The van der Waals surface area contributed by atoms with Crippen LogP contribution in [0.15, 0.2) is 78.9 Å². The molecule has 1 aliphatic heterocycles. The molecule has 0 spiro atoms. The monoisotopic (exact) mass is 396 g/mol. The van der Waals surface area contributed by atoms with Gasteiger partial charge in [-0.25, -0.2) is 0 Å². The van der Waals surface area contributed by atoms with Crippen molar-refractivity contribution in [3.8, 4) is 0 Å². The van der Waals surface area contributed by atoms with E-state index in [4.69, 9.17) is 0 Å². The van der Waals surface area contributed by atoms with Crippen molar-refractivity contribution in [3.63, 3.8) is 0 Å². The van der Waals surface area contributed by atoms with E-state index in [2.05, 4.69) is 5.32 Å². The molecule has 1 N–H and O–H groups in total. The number of para-hydroxylation sites is 1. The Morgan fingerprint density at radius 1 is 0.931 bits per heavy atom. The summed E-state index contributed by atoms with van der Waals surface area (Å²) < 4.78 is 39.8. The molecular weight excluding hydrogens is 377 g/mol. The quantitative estimate of drug-likeness (QED) is 0.597. The first-order valence-electron chi connectivity index (χ1n) is 9.27. The summed E-state index contributed by atoms with van der Waals surface area (Å²) in [7, 11) is 0. The Bertz CT molecular complexity index is 1030. The van der Waals surface area contributed by atoms with Crippen molar-refractivity contribution >= 4 is 17.3 Å². The average Bonchev–Trinajstić information content (AvgIpc) is 2.73. The summed E-state index contributed by atoms with van der Waals surface area (Å²) in [5.41, 5.74) is 1.51. The van der Waals surface area contributed by atoms with Gasteiger partial charge < -0.3 is 5.32 Å². The molecule has 0 saturated heterocycles. The molecule has 3 nitrogen and oxygen atoms in total. The number of halogens is 3. The van der Waals surface area contributed by atoms with E-state index in [0.717, 1.165) is 17.7 Å². The molecule has 0 aliphatic carbocycles. The second kappa shape index (κ2) is 7.28. The number of amides is 1. The van der Waals surface area contributed by atoms with Crippen molar-refractivity contribution in [3.05, 3.63) is 95.6 Å². The third-order valence-corrected chi connectivity index (χ3v) is 5.21. The summed E-state index contributed by atoms with van der Waals surface area (Å²) in [6.07, 6.45) is -5.02. The number of fused-ring (bicyclic) bond motifs is 1. The zero-order valence-corrected chi connectivity index (χ0v) is 15.6. The van der Waals surface area contributed by atoms with Crippen molar-refractivity contribution in [1.82, 2.24) is 0 Å². The summed E-state index contributed by atoms with van der Waals surface area (Å²) in [6, 6.07) is 21.5. The van der Waals surface area contributed by atoms with Crippen LogP contribution >= 0.6 is 0 Å². The van der Waals surface area contributed by atoms with Crippen LogP contribution in [-0.2, 0) is 6.18 Å². The van der Waals surface area contributed by atoms with Crippen LogP contribution in [0, 0.1) is 0 Å². The van der Waals surface area contributed by atoms with Crippen LogP contribution in [0.3, 0.4) is 0 Å². The molecule has 3 aromatic carbocycles. The normalized spacial score (nSPS) is 17.4. The van der Waals surface area contributed by atoms with E-state index in [9.17, 15) is 18.0 Å². The van der Waals surface area contributed by atoms with Crippen LogP contribution < -0.4 is 10.2 Å². The van der Waals surface area contributed by atoms with Gasteiger partial charge in [-0.15, -0.1) is 0 Å². The summed E-state index contributed by atoms with van der Waals surface area (Å²) in [4.78, 5) is 14.8. The molecule has 1 amide bonds. The smallest absolute Gasteiger partial charge is 0.364 e. The third kappa shape index (κ3) is 3.58. The molecule has 0 fully saturated rings. The predicted octanol–water partition coefficient (Wildman–Crippen LogP) is 5.91. The highest BCUT2D eigenvalue weighted by atomic mass is 19.4. The van der Waals surface area contributed by atoms with Crippen LogP contribution in [0.1, 0.15) is 34.3 Å². The molecule has 4 rings (SSSR count). The molecule has 148 valence electrons. The van der Waals surface area contributed by atoms with E-state index >= 15 is 0 Å². The summed E-state index contributed by atoms with van der Waals surface area (Å²) in [6.45, 7) is 1.95. The minimum Gasteiger partial charge on any atom is -0.364 e. The number of nitrogens with zero attached hydrogens (tertiary/aromatic N) is 1. The Morgan fingerprint density at radius 2 is 1.62 bits per heavy atom. The van der Waals surface area contributed by atoms with Gasteiger partial charge >= 0.3 is 6.18 Å². The van der Waals surface area contributed by atoms with Crippen LogP contribution in [0.2, 0.25) is 0 Å². The molecule has 6 heteroatoms. The van der Waals surface area contributed by atoms with Crippen LogP contribution in [0.4, 0.5) is 24.5 Å². The lowest BCUT2D eigenvalue weighted by molar-refractivity contribution is -0.137. The van der Waals surface area contributed by atoms with Crippen molar-refractivity contribution in [2.45, 2.75) is 25.2 Å². The first-order chi connectivity index (χ1) is 13.9. The van der Waals surface area contributed by atoms with E-state index in [1.807, 2.05) is 43.3 Å². The number of anilines is 2. The molecule has 1 aliphatic rings. The van der Waals surface area contributed by atoms with Crippen LogP contribution in [0.5, 0.6) is 0 Å². The lowest BCUT2D eigenvalue weighted by Gasteiger charge is -2.41. The highest BCUT2D eigenvalue weighted by Gasteiger charge is 2.38. The minimum atomic E-state index is -4.49. The predicted molar refractivity (Wildman–Crippen MR) is 107 cm³/mol. The fourth-order valence-electron chi connectivity index (χ4n) is 3.67. The standard InChI is InChI=1S/C23H19F3N2O/c1-15(16-8-3-2-4-9-16)21-27-20-13-6-5-12-19(20)22(29)28(21)18-11-7-10-17(14-18)23(24,25)26/h2-15,21,27H,1H3/t15-,21-/m0/s1. The summed E-state index contributed by atoms with van der Waals surface area (Å²) in [5, 5.41) is 3.36. The lowest BCUT2D eigenvalue weighted by atomic mass is 9.93. The SMILES string of the molecule is C[C@@H](c1ccccc1)[C@H]1Nc2ccccc2C(=O)N1c1cccc(C(F)(F)F)c1. The van der Waals surface area contributed by atoms with Gasteiger partial charge in [0.15, 0.2) is 0 Å². The Balaban J connectivity index is 1.83. The lowest BCUT2D eigenvalue weighted by Crippen LogP contribution is -2.51. The molecule has 29 heavy (non-hydrogen) atoms. The number of alkyl halides is 3. The first-order valence-corrected chi connectivity index (χ1v) is 9.27. The zero-order valence-electron chi connectivity index (χ0n) is 15.6.